The molecule has 1 rings (SSSR count). The summed E-state index contributed by atoms with van der Waals surface area (Å²) in [7, 11) is -1.41. The number of rotatable bonds is 1. The van der Waals surface area contributed by atoms with E-state index < -0.39 is 19.8 Å². The molecule has 1 N–H and O–H groups in total. The SMILES string of the molecule is CC(C)(C)OC(=O)Nc1ccsc1C#C[Si](C)(C)C. The van der Waals surface area contributed by atoms with Crippen LogP contribution in [0.3, 0.4) is 0 Å². The lowest BCUT2D eigenvalue weighted by Gasteiger charge is -2.19. The van der Waals surface area contributed by atoms with E-state index in [4.69, 9.17) is 4.74 Å². The van der Waals surface area contributed by atoms with Gasteiger partial charge in [0, 0.05) is 0 Å². The Morgan fingerprint density at radius 3 is 2.53 bits per heavy atom. The monoisotopic (exact) mass is 295 g/mol. The highest BCUT2D eigenvalue weighted by Crippen LogP contribution is 2.22. The molecule has 3 nitrogen and oxygen atoms in total. The van der Waals surface area contributed by atoms with Crippen molar-refractivity contribution in [3.63, 3.8) is 0 Å². The second-order valence-electron chi connectivity index (χ2n) is 6.29. The summed E-state index contributed by atoms with van der Waals surface area (Å²) in [6.45, 7) is 12.1. The fourth-order valence-electron chi connectivity index (χ4n) is 1.16. The van der Waals surface area contributed by atoms with Crippen LogP contribution in [0.15, 0.2) is 11.4 Å². The van der Waals surface area contributed by atoms with Crippen LogP contribution >= 0.6 is 11.3 Å². The largest absolute Gasteiger partial charge is 0.444 e. The number of carbonyl (C=O) groups excluding carboxylic acids is 1. The third-order valence-electron chi connectivity index (χ3n) is 1.85. The van der Waals surface area contributed by atoms with Crippen molar-refractivity contribution < 1.29 is 9.53 Å². The van der Waals surface area contributed by atoms with Crippen LogP contribution < -0.4 is 5.32 Å². The van der Waals surface area contributed by atoms with Gasteiger partial charge in [0.1, 0.15) is 13.7 Å². The first-order valence-corrected chi connectivity index (χ1v) is 10.6. The molecule has 0 saturated carbocycles. The quantitative estimate of drug-likeness (QED) is 0.619. The third-order valence-corrected chi connectivity index (χ3v) is 3.56. The Morgan fingerprint density at radius 1 is 1.37 bits per heavy atom. The lowest BCUT2D eigenvalue weighted by molar-refractivity contribution is 0.0636. The van der Waals surface area contributed by atoms with Crippen molar-refractivity contribution in [1.29, 1.82) is 0 Å². The van der Waals surface area contributed by atoms with E-state index in [1.54, 1.807) is 0 Å². The van der Waals surface area contributed by atoms with Crippen LogP contribution in [0.2, 0.25) is 19.6 Å². The molecule has 0 aliphatic carbocycles. The highest BCUT2D eigenvalue weighted by molar-refractivity contribution is 7.11. The molecule has 0 unspecified atom stereocenters. The van der Waals surface area contributed by atoms with Crippen molar-refractivity contribution in [2.75, 3.05) is 5.32 Å². The van der Waals surface area contributed by atoms with Crippen LogP contribution in [0.4, 0.5) is 10.5 Å². The molecule has 19 heavy (non-hydrogen) atoms. The zero-order chi connectivity index (χ0) is 14.7. The van der Waals surface area contributed by atoms with Gasteiger partial charge in [-0.15, -0.1) is 16.9 Å². The van der Waals surface area contributed by atoms with Crippen LogP contribution in [0.1, 0.15) is 25.6 Å². The molecule has 1 heterocycles. The van der Waals surface area contributed by atoms with E-state index in [1.807, 2.05) is 32.2 Å². The molecule has 0 bridgehead atoms. The van der Waals surface area contributed by atoms with Crippen LogP contribution in [-0.4, -0.2) is 19.8 Å². The van der Waals surface area contributed by atoms with Gasteiger partial charge in [0.15, 0.2) is 0 Å². The highest BCUT2D eigenvalue weighted by atomic mass is 32.1. The maximum absolute atomic E-state index is 11.7. The van der Waals surface area contributed by atoms with Gasteiger partial charge in [0.2, 0.25) is 0 Å². The van der Waals surface area contributed by atoms with E-state index in [0.717, 1.165) is 10.6 Å². The number of nitrogens with one attached hydrogen (secondary N) is 1. The van der Waals surface area contributed by atoms with Gasteiger partial charge >= 0.3 is 6.09 Å². The van der Waals surface area contributed by atoms with Crippen LogP contribution in [0, 0.1) is 11.5 Å². The van der Waals surface area contributed by atoms with E-state index in [2.05, 4.69) is 36.4 Å². The average Bonchev–Trinajstić information content (AvgIpc) is 2.57. The smallest absolute Gasteiger partial charge is 0.412 e. The molecular weight excluding hydrogens is 274 g/mol. The number of hydrogen-bond acceptors (Lipinski definition) is 3. The number of carbonyl (C=O) groups is 1. The maximum Gasteiger partial charge on any atom is 0.412 e. The van der Waals surface area contributed by atoms with Gasteiger partial charge in [-0.25, -0.2) is 4.79 Å². The second-order valence-corrected chi connectivity index (χ2v) is 12.0. The molecule has 5 heteroatoms. The summed E-state index contributed by atoms with van der Waals surface area (Å²) < 4.78 is 5.23. The molecule has 0 spiro atoms. The zero-order valence-electron chi connectivity index (χ0n) is 12.4. The number of ether oxygens (including phenoxy) is 1. The minimum Gasteiger partial charge on any atom is -0.444 e. The average molecular weight is 295 g/mol. The Bertz CT molecular complexity index is 512. The van der Waals surface area contributed by atoms with Crippen LogP contribution in [0.5, 0.6) is 0 Å². The highest BCUT2D eigenvalue weighted by Gasteiger charge is 2.17. The van der Waals surface area contributed by atoms with E-state index in [1.165, 1.54) is 11.3 Å². The fraction of sp³-hybridized carbons (Fsp3) is 0.500. The molecule has 104 valence electrons. The molecular formula is C14H21NO2SSi. The van der Waals surface area contributed by atoms with Crippen molar-refractivity contribution >= 4 is 31.2 Å². The molecule has 0 aromatic carbocycles. The Hall–Kier alpha value is -1.25. The first-order valence-electron chi connectivity index (χ1n) is 6.17. The predicted molar refractivity (Wildman–Crippen MR) is 84.4 cm³/mol. The van der Waals surface area contributed by atoms with Gasteiger partial charge in [0.05, 0.1) is 10.6 Å². The number of amides is 1. The van der Waals surface area contributed by atoms with Crippen molar-refractivity contribution in [2.45, 2.75) is 46.0 Å². The molecule has 0 aliphatic heterocycles. The predicted octanol–water partition coefficient (Wildman–Crippen LogP) is 4.32. The molecule has 0 fully saturated rings. The summed E-state index contributed by atoms with van der Waals surface area (Å²) in [4.78, 5) is 12.6. The molecule has 0 aliphatic rings. The molecule has 1 aromatic heterocycles. The normalized spacial score (nSPS) is 11.5. The Balaban J connectivity index is 2.78. The van der Waals surface area contributed by atoms with E-state index in [0.29, 0.717) is 0 Å². The summed E-state index contributed by atoms with van der Waals surface area (Å²) in [6, 6.07) is 1.85. The fourth-order valence-corrected chi connectivity index (χ4v) is 2.45. The summed E-state index contributed by atoms with van der Waals surface area (Å²) in [6.07, 6.45) is -0.443. The lowest BCUT2D eigenvalue weighted by Crippen LogP contribution is -2.27. The van der Waals surface area contributed by atoms with Gasteiger partial charge in [-0.05, 0) is 32.2 Å². The van der Waals surface area contributed by atoms with E-state index in [9.17, 15) is 4.79 Å². The Morgan fingerprint density at radius 2 is 2.00 bits per heavy atom. The summed E-state index contributed by atoms with van der Waals surface area (Å²) in [5, 5.41) is 4.66. The van der Waals surface area contributed by atoms with Gasteiger partial charge in [0.25, 0.3) is 0 Å². The van der Waals surface area contributed by atoms with Crippen molar-refractivity contribution in [1.82, 2.24) is 0 Å². The first kappa shape index (κ1) is 15.8. The van der Waals surface area contributed by atoms with Crippen molar-refractivity contribution in [3.05, 3.63) is 16.3 Å². The lowest BCUT2D eigenvalue weighted by atomic mass is 10.2. The van der Waals surface area contributed by atoms with Gasteiger partial charge < -0.3 is 4.74 Å². The maximum atomic E-state index is 11.7. The second kappa shape index (κ2) is 5.80. The van der Waals surface area contributed by atoms with Crippen molar-refractivity contribution in [2.24, 2.45) is 0 Å². The van der Waals surface area contributed by atoms with Gasteiger partial charge in [-0.2, -0.15) is 0 Å². The van der Waals surface area contributed by atoms with Crippen LogP contribution in [-0.2, 0) is 4.74 Å². The minimum absolute atomic E-state index is 0.443. The molecule has 0 saturated heterocycles. The molecule has 0 atom stereocenters. The molecule has 0 radical (unpaired) electrons. The summed E-state index contributed by atoms with van der Waals surface area (Å²) in [5.41, 5.74) is 3.52. The van der Waals surface area contributed by atoms with Gasteiger partial charge in [-0.3, -0.25) is 5.32 Å². The third kappa shape index (κ3) is 6.46. The first-order chi connectivity index (χ1) is 8.57. The minimum atomic E-state index is -1.41. The van der Waals surface area contributed by atoms with Crippen LogP contribution in [0.25, 0.3) is 0 Å². The Labute approximate surface area is 120 Å². The summed E-state index contributed by atoms with van der Waals surface area (Å²) in [5.74, 6) is 3.16. The van der Waals surface area contributed by atoms with E-state index >= 15 is 0 Å². The van der Waals surface area contributed by atoms with E-state index in [-0.39, 0.29) is 0 Å². The molecule has 1 amide bonds. The van der Waals surface area contributed by atoms with Crippen molar-refractivity contribution in [3.8, 4) is 11.5 Å². The Kier molecular flexibility index (Phi) is 4.83. The summed E-state index contributed by atoms with van der Waals surface area (Å²) >= 11 is 1.53. The number of thiophene rings is 1. The zero-order valence-corrected chi connectivity index (χ0v) is 14.2. The van der Waals surface area contributed by atoms with Gasteiger partial charge in [-0.1, -0.05) is 25.6 Å². The topological polar surface area (TPSA) is 38.3 Å². The molecule has 1 aromatic rings. The number of hydrogen-bond donors (Lipinski definition) is 1. The number of anilines is 1. The standard InChI is InChI=1S/C14H21NO2SSi/c1-14(2,3)17-13(16)15-11-7-9-18-12(11)8-10-19(4,5)6/h7,9H,1-6H3,(H,15,16).